The van der Waals surface area contributed by atoms with Gasteiger partial charge < -0.3 is 10.2 Å². The largest absolute Gasteiger partial charge is 0.342 e. The molecule has 0 spiro atoms. The number of carbonyl (C=O) groups excluding carboxylic acids is 1. The smallest absolute Gasteiger partial charge is 0.239 e. The normalized spacial score (nSPS) is 20.0. The number of hydrogen-bond acceptors (Lipinski definition) is 2. The Labute approximate surface area is 99.6 Å². The van der Waals surface area contributed by atoms with Gasteiger partial charge in [-0.1, -0.05) is 6.92 Å². The topological polar surface area (TPSA) is 32.3 Å². The van der Waals surface area contributed by atoms with Gasteiger partial charge in [0.1, 0.15) is 0 Å². The molecule has 1 fully saturated rings. The van der Waals surface area contributed by atoms with Crippen LogP contribution in [0.1, 0.15) is 53.4 Å². The lowest BCUT2D eigenvalue weighted by molar-refractivity contribution is -0.133. The summed E-state index contributed by atoms with van der Waals surface area (Å²) in [5.41, 5.74) is 0.252. The molecule has 1 aliphatic carbocycles. The first kappa shape index (κ1) is 13.5. The molecule has 1 N–H and O–H groups in total. The zero-order valence-corrected chi connectivity index (χ0v) is 11.2. The molecule has 16 heavy (non-hydrogen) atoms. The van der Waals surface area contributed by atoms with Gasteiger partial charge in [0.2, 0.25) is 5.91 Å². The molecule has 0 aliphatic heterocycles. The Hall–Kier alpha value is -0.570. The van der Waals surface area contributed by atoms with Crippen LogP contribution in [0.15, 0.2) is 0 Å². The van der Waals surface area contributed by atoms with Crippen LogP contribution < -0.4 is 5.32 Å². The quantitative estimate of drug-likeness (QED) is 0.753. The van der Waals surface area contributed by atoms with Crippen LogP contribution in [-0.2, 0) is 4.79 Å². The van der Waals surface area contributed by atoms with Crippen molar-refractivity contribution in [3.63, 3.8) is 0 Å². The van der Waals surface area contributed by atoms with E-state index in [9.17, 15) is 4.79 Å². The first-order chi connectivity index (χ1) is 7.58. The molecule has 0 aromatic carbocycles. The van der Waals surface area contributed by atoms with Crippen molar-refractivity contribution in [2.45, 2.75) is 65.0 Å². The molecule has 0 aromatic rings. The number of likely N-dealkylation sites (N-methyl/N-ethyl adjacent to an activating group) is 1. The van der Waals surface area contributed by atoms with Crippen molar-refractivity contribution in [3.05, 3.63) is 0 Å². The minimum Gasteiger partial charge on any atom is -0.342 e. The zero-order chi connectivity index (χ0) is 12.2. The van der Waals surface area contributed by atoms with Gasteiger partial charge >= 0.3 is 0 Å². The molecule has 0 saturated heterocycles. The third-order valence-corrected chi connectivity index (χ3v) is 3.96. The number of amides is 1. The summed E-state index contributed by atoms with van der Waals surface area (Å²) in [6.45, 7) is 9.89. The van der Waals surface area contributed by atoms with Gasteiger partial charge in [0.25, 0.3) is 0 Å². The summed E-state index contributed by atoms with van der Waals surface area (Å²) < 4.78 is 0. The van der Waals surface area contributed by atoms with Crippen molar-refractivity contribution < 1.29 is 4.79 Å². The third-order valence-electron chi connectivity index (χ3n) is 3.96. The molecule has 1 aliphatic rings. The second-order valence-corrected chi connectivity index (χ2v) is 4.86. The van der Waals surface area contributed by atoms with Crippen molar-refractivity contribution >= 4 is 5.91 Å². The summed E-state index contributed by atoms with van der Waals surface area (Å²) in [6.07, 6.45) is 4.87. The Morgan fingerprint density at radius 2 is 1.88 bits per heavy atom. The van der Waals surface area contributed by atoms with Crippen molar-refractivity contribution in [2.75, 3.05) is 13.1 Å². The number of rotatable bonds is 6. The summed E-state index contributed by atoms with van der Waals surface area (Å²) in [4.78, 5) is 14.0. The summed E-state index contributed by atoms with van der Waals surface area (Å²) >= 11 is 0. The molecular formula is C13H26N2O. The summed E-state index contributed by atoms with van der Waals surface area (Å²) in [5, 5.41) is 3.54. The van der Waals surface area contributed by atoms with Crippen molar-refractivity contribution in [1.29, 1.82) is 0 Å². The molecule has 0 bridgehead atoms. The van der Waals surface area contributed by atoms with Crippen molar-refractivity contribution in [1.82, 2.24) is 10.2 Å². The van der Waals surface area contributed by atoms with E-state index in [-0.39, 0.29) is 17.5 Å². The van der Waals surface area contributed by atoms with Gasteiger partial charge in [-0.15, -0.1) is 0 Å². The predicted molar refractivity (Wildman–Crippen MR) is 67.4 cm³/mol. The summed E-state index contributed by atoms with van der Waals surface area (Å²) in [5.74, 6) is 0.240. The Bertz CT molecular complexity index is 227. The van der Waals surface area contributed by atoms with Gasteiger partial charge in [-0.3, -0.25) is 4.79 Å². The van der Waals surface area contributed by atoms with Gasteiger partial charge in [0.15, 0.2) is 0 Å². The second-order valence-electron chi connectivity index (χ2n) is 4.86. The number of hydrogen-bond donors (Lipinski definition) is 1. The van der Waals surface area contributed by atoms with Crippen LogP contribution in [0.5, 0.6) is 0 Å². The molecule has 3 nitrogen and oxygen atoms in total. The maximum absolute atomic E-state index is 12.1. The van der Waals surface area contributed by atoms with E-state index in [1.54, 1.807) is 0 Å². The van der Waals surface area contributed by atoms with E-state index in [2.05, 4.69) is 12.2 Å². The van der Waals surface area contributed by atoms with E-state index in [0.717, 1.165) is 19.5 Å². The lowest BCUT2D eigenvalue weighted by Gasteiger charge is -2.44. The lowest BCUT2D eigenvalue weighted by Crippen LogP contribution is -2.58. The Morgan fingerprint density at radius 3 is 2.19 bits per heavy atom. The minimum absolute atomic E-state index is 0.0415. The Balaban J connectivity index is 2.50. The van der Waals surface area contributed by atoms with Crippen LogP contribution in [0.4, 0.5) is 0 Å². The molecule has 1 unspecified atom stereocenters. The molecule has 1 rings (SSSR count). The van der Waals surface area contributed by atoms with Crippen LogP contribution in [0, 0.1) is 0 Å². The van der Waals surface area contributed by atoms with E-state index < -0.39 is 0 Å². The van der Waals surface area contributed by atoms with Crippen molar-refractivity contribution in [3.8, 4) is 0 Å². The number of nitrogens with one attached hydrogen (secondary N) is 1. The maximum atomic E-state index is 12.1. The van der Waals surface area contributed by atoms with E-state index in [4.69, 9.17) is 0 Å². The lowest BCUT2D eigenvalue weighted by atomic mass is 9.74. The molecular weight excluding hydrogens is 200 g/mol. The molecule has 0 heterocycles. The Morgan fingerprint density at radius 1 is 1.31 bits per heavy atom. The van der Waals surface area contributed by atoms with Crippen LogP contribution in [0.3, 0.4) is 0 Å². The number of carbonyl (C=O) groups is 1. The number of nitrogens with zero attached hydrogens (tertiary/aromatic N) is 1. The van der Waals surface area contributed by atoms with Gasteiger partial charge in [-0.05, 0) is 46.5 Å². The van der Waals surface area contributed by atoms with E-state index in [0.29, 0.717) is 0 Å². The highest BCUT2D eigenvalue weighted by molar-refractivity contribution is 5.81. The molecule has 1 atom stereocenters. The molecule has 94 valence electrons. The van der Waals surface area contributed by atoms with Gasteiger partial charge in [-0.25, -0.2) is 0 Å². The third kappa shape index (κ3) is 2.76. The summed E-state index contributed by atoms with van der Waals surface area (Å²) in [6, 6.07) is -0.0415. The fraction of sp³-hybridized carbons (Fsp3) is 0.923. The van der Waals surface area contributed by atoms with E-state index >= 15 is 0 Å². The average Bonchev–Trinajstić information content (AvgIpc) is 2.24. The van der Waals surface area contributed by atoms with Gasteiger partial charge in [-0.2, -0.15) is 0 Å². The molecule has 3 heteroatoms. The highest BCUT2D eigenvalue weighted by Crippen LogP contribution is 2.35. The van der Waals surface area contributed by atoms with Crippen LogP contribution in [0.2, 0.25) is 0 Å². The monoisotopic (exact) mass is 226 g/mol. The molecule has 1 saturated carbocycles. The van der Waals surface area contributed by atoms with E-state index in [1.807, 2.05) is 25.7 Å². The highest BCUT2D eigenvalue weighted by Gasteiger charge is 2.37. The highest BCUT2D eigenvalue weighted by atomic mass is 16.2. The average molecular weight is 226 g/mol. The van der Waals surface area contributed by atoms with Crippen molar-refractivity contribution in [2.24, 2.45) is 0 Å². The second kappa shape index (κ2) is 5.67. The molecule has 1 amide bonds. The zero-order valence-electron chi connectivity index (χ0n) is 11.2. The van der Waals surface area contributed by atoms with E-state index in [1.165, 1.54) is 19.3 Å². The van der Waals surface area contributed by atoms with Gasteiger partial charge in [0.05, 0.1) is 6.04 Å². The minimum atomic E-state index is -0.0415. The van der Waals surface area contributed by atoms with Gasteiger partial charge in [0, 0.05) is 18.6 Å². The maximum Gasteiger partial charge on any atom is 0.239 e. The van der Waals surface area contributed by atoms with Crippen LogP contribution >= 0.6 is 0 Å². The molecule has 0 aromatic heterocycles. The SMILES string of the molecule is CCN(CC)C(=O)C(C)NC1(CC)CCC1. The summed E-state index contributed by atoms with van der Waals surface area (Å²) in [7, 11) is 0. The fourth-order valence-electron chi connectivity index (χ4n) is 2.53. The molecule has 0 radical (unpaired) electrons. The first-order valence-electron chi connectivity index (χ1n) is 6.65. The van der Waals surface area contributed by atoms with Crippen LogP contribution in [0.25, 0.3) is 0 Å². The fourth-order valence-corrected chi connectivity index (χ4v) is 2.53. The standard InChI is InChI=1S/C13H26N2O/c1-5-13(9-8-10-13)14-11(4)12(16)15(6-2)7-3/h11,14H,5-10H2,1-4H3. The predicted octanol–water partition coefficient (Wildman–Crippen LogP) is 2.17. The first-order valence-corrected chi connectivity index (χ1v) is 6.65. The Kier molecular flexibility index (Phi) is 4.78. The van der Waals surface area contributed by atoms with Crippen LogP contribution in [-0.4, -0.2) is 35.5 Å².